The second kappa shape index (κ2) is 7.65. The molecule has 0 aromatic heterocycles. The van der Waals surface area contributed by atoms with Gasteiger partial charge in [-0.25, -0.2) is 0 Å². The summed E-state index contributed by atoms with van der Waals surface area (Å²) in [4.78, 5) is 0. The molecule has 0 amide bonds. The molecular formula is C10H21NOS. The highest BCUT2D eigenvalue weighted by molar-refractivity contribution is 7.98. The standard InChI is InChI=1S/C10H21NOS/c1-13-8-4-6-11-9-10-5-2-3-7-12-10/h10-11H,2-9H2,1H3. The molecule has 13 heavy (non-hydrogen) atoms. The molecule has 1 atom stereocenters. The largest absolute Gasteiger partial charge is 0.377 e. The highest BCUT2D eigenvalue weighted by Crippen LogP contribution is 2.11. The minimum Gasteiger partial charge on any atom is -0.377 e. The lowest BCUT2D eigenvalue weighted by molar-refractivity contribution is 0.0171. The van der Waals surface area contributed by atoms with Crippen molar-refractivity contribution in [1.29, 1.82) is 0 Å². The van der Waals surface area contributed by atoms with Crippen molar-refractivity contribution in [2.75, 3.05) is 31.7 Å². The van der Waals surface area contributed by atoms with Gasteiger partial charge in [-0.15, -0.1) is 0 Å². The van der Waals surface area contributed by atoms with Gasteiger partial charge >= 0.3 is 0 Å². The Morgan fingerprint density at radius 2 is 2.38 bits per heavy atom. The number of hydrogen-bond acceptors (Lipinski definition) is 3. The third-order valence-corrected chi connectivity index (χ3v) is 3.04. The van der Waals surface area contributed by atoms with Crippen molar-refractivity contribution >= 4 is 11.8 Å². The Hall–Kier alpha value is 0.270. The molecule has 0 aliphatic carbocycles. The van der Waals surface area contributed by atoms with Crippen LogP contribution in [0.3, 0.4) is 0 Å². The van der Waals surface area contributed by atoms with Gasteiger partial charge in [-0.1, -0.05) is 0 Å². The van der Waals surface area contributed by atoms with Gasteiger partial charge in [-0.05, 0) is 44.2 Å². The van der Waals surface area contributed by atoms with Gasteiger partial charge in [0.1, 0.15) is 0 Å². The molecule has 0 aromatic rings. The van der Waals surface area contributed by atoms with Crippen LogP contribution in [0.15, 0.2) is 0 Å². The first-order valence-corrected chi connectivity index (χ1v) is 6.64. The minimum absolute atomic E-state index is 0.489. The van der Waals surface area contributed by atoms with Crippen LogP contribution < -0.4 is 5.32 Å². The van der Waals surface area contributed by atoms with Gasteiger partial charge in [0.2, 0.25) is 0 Å². The number of thioether (sulfide) groups is 1. The molecule has 1 N–H and O–H groups in total. The quantitative estimate of drug-likeness (QED) is 0.666. The van der Waals surface area contributed by atoms with E-state index in [1.165, 1.54) is 31.4 Å². The van der Waals surface area contributed by atoms with Crippen molar-refractivity contribution in [2.24, 2.45) is 0 Å². The van der Waals surface area contributed by atoms with Crippen molar-refractivity contribution in [2.45, 2.75) is 31.8 Å². The van der Waals surface area contributed by atoms with Crippen molar-refractivity contribution in [3.05, 3.63) is 0 Å². The van der Waals surface area contributed by atoms with E-state index in [9.17, 15) is 0 Å². The molecular weight excluding hydrogens is 182 g/mol. The Kier molecular flexibility index (Phi) is 6.68. The molecule has 0 saturated carbocycles. The highest BCUT2D eigenvalue weighted by Gasteiger charge is 2.12. The highest BCUT2D eigenvalue weighted by atomic mass is 32.2. The van der Waals surface area contributed by atoms with Crippen LogP contribution in [0, 0.1) is 0 Å². The van der Waals surface area contributed by atoms with Gasteiger partial charge in [-0.3, -0.25) is 0 Å². The van der Waals surface area contributed by atoms with Crippen LogP contribution in [-0.4, -0.2) is 37.8 Å². The molecule has 0 radical (unpaired) electrons. The topological polar surface area (TPSA) is 21.3 Å². The van der Waals surface area contributed by atoms with Crippen LogP contribution in [0.4, 0.5) is 0 Å². The van der Waals surface area contributed by atoms with Crippen molar-refractivity contribution in [3.8, 4) is 0 Å². The van der Waals surface area contributed by atoms with E-state index in [0.29, 0.717) is 6.10 Å². The first-order valence-electron chi connectivity index (χ1n) is 5.24. The molecule has 0 aromatic carbocycles. The SMILES string of the molecule is CSCCCNCC1CCCCO1. The molecule has 0 bridgehead atoms. The Labute approximate surface area is 85.8 Å². The maximum absolute atomic E-state index is 5.62. The lowest BCUT2D eigenvalue weighted by Crippen LogP contribution is -2.32. The fraction of sp³-hybridized carbons (Fsp3) is 1.00. The van der Waals surface area contributed by atoms with E-state index in [1.807, 2.05) is 11.8 Å². The predicted molar refractivity (Wildman–Crippen MR) is 59.5 cm³/mol. The first-order chi connectivity index (χ1) is 6.43. The summed E-state index contributed by atoms with van der Waals surface area (Å²) in [6, 6.07) is 0. The zero-order chi connectivity index (χ0) is 9.36. The minimum atomic E-state index is 0.489. The van der Waals surface area contributed by atoms with Crippen molar-refractivity contribution in [1.82, 2.24) is 5.32 Å². The summed E-state index contributed by atoms with van der Waals surface area (Å²) in [7, 11) is 0. The van der Waals surface area contributed by atoms with E-state index in [1.54, 1.807) is 0 Å². The van der Waals surface area contributed by atoms with Gasteiger partial charge in [0.15, 0.2) is 0 Å². The third kappa shape index (κ3) is 5.55. The molecule has 1 heterocycles. The monoisotopic (exact) mass is 203 g/mol. The van der Waals surface area contributed by atoms with Gasteiger partial charge in [-0.2, -0.15) is 11.8 Å². The number of rotatable bonds is 6. The summed E-state index contributed by atoms with van der Waals surface area (Å²) >= 11 is 1.92. The van der Waals surface area contributed by atoms with E-state index in [2.05, 4.69) is 11.6 Å². The summed E-state index contributed by atoms with van der Waals surface area (Å²) in [5.74, 6) is 1.26. The molecule has 78 valence electrons. The number of nitrogens with one attached hydrogen (secondary N) is 1. The summed E-state index contributed by atoms with van der Waals surface area (Å²) in [6.45, 7) is 3.16. The van der Waals surface area contributed by atoms with Crippen LogP contribution in [-0.2, 0) is 4.74 Å². The van der Waals surface area contributed by atoms with E-state index in [0.717, 1.165) is 19.7 Å². The van der Waals surface area contributed by atoms with Crippen LogP contribution in [0.2, 0.25) is 0 Å². The van der Waals surface area contributed by atoms with E-state index in [-0.39, 0.29) is 0 Å². The molecule has 1 aliphatic heterocycles. The van der Waals surface area contributed by atoms with Crippen molar-refractivity contribution < 1.29 is 4.74 Å². The third-order valence-electron chi connectivity index (χ3n) is 2.35. The lowest BCUT2D eigenvalue weighted by Gasteiger charge is -2.22. The Morgan fingerprint density at radius 3 is 3.08 bits per heavy atom. The van der Waals surface area contributed by atoms with Crippen LogP contribution in [0.1, 0.15) is 25.7 Å². The average Bonchev–Trinajstić information content (AvgIpc) is 2.19. The van der Waals surface area contributed by atoms with Crippen molar-refractivity contribution in [3.63, 3.8) is 0 Å². The molecule has 1 saturated heterocycles. The summed E-state index contributed by atoms with van der Waals surface area (Å²) in [5.41, 5.74) is 0. The number of ether oxygens (including phenoxy) is 1. The summed E-state index contributed by atoms with van der Waals surface area (Å²) < 4.78 is 5.62. The first kappa shape index (κ1) is 11.3. The smallest absolute Gasteiger partial charge is 0.0699 e. The molecule has 1 fully saturated rings. The summed E-state index contributed by atoms with van der Waals surface area (Å²) in [6.07, 6.45) is 7.76. The van der Waals surface area contributed by atoms with Gasteiger partial charge in [0, 0.05) is 13.2 Å². The Morgan fingerprint density at radius 1 is 1.46 bits per heavy atom. The zero-order valence-corrected chi connectivity index (χ0v) is 9.37. The van der Waals surface area contributed by atoms with E-state index >= 15 is 0 Å². The summed E-state index contributed by atoms with van der Waals surface area (Å²) in [5, 5.41) is 3.45. The second-order valence-electron chi connectivity index (χ2n) is 3.54. The average molecular weight is 203 g/mol. The lowest BCUT2D eigenvalue weighted by atomic mass is 10.1. The van der Waals surface area contributed by atoms with Gasteiger partial charge in [0.05, 0.1) is 6.10 Å². The molecule has 1 unspecified atom stereocenters. The molecule has 0 spiro atoms. The predicted octanol–water partition coefficient (Wildman–Crippen LogP) is 1.90. The fourth-order valence-corrected chi connectivity index (χ4v) is 2.01. The maximum Gasteiger partial charge on any atom is 0.0699 e. The normalized spacial score (nSPS) is 23.3. The Bertz CT molecular complexity index is 115. The molecule has 2 nitrogen and oxygen atoms in total. The number of hydrogen-bond donors (Lipinski definition) is 1. The van der Waals surface area contributed by atoms with Crippen LogP contribution in [0.5, 0.6) is 0 Å². The molecule has 1 rings (SSSR count). The van der Waals surface area contributed by atoms with Crippen LogP contribution in [0.25, 0.3) is 0 Å². The van der Waals surface area contributed by atoms with E-state index < -0.39 is 0 Å². The second-order valence-corrected chi connectivity index (χ2v) is 4.52. The molecule has 1 aliphatic rings. The van der Waals surface area contributed by atoms with E-state index in [4.69, 9.17) is 4.74 Å². The van der Waals surface area contributed by atoms with Crippen LogP contribution >= 0.6 is 11.8 Å². The maximum atomic E-state index is 5.62. The Balaban J connectivity index is 1.86. The zero-order valence-electron chi connectivity index (χ0n) is 8.55. The molecule has 3 heteroatoms. The van der Waals surface area contributed by atoms with Gasteiger partial charge in [0.25, 0.3) is 0 Å². The fourth-order valence-electron chi connectivity index (χ4n) is 1.57. The van der Waals surface area contributed by atoms with Gasteiger partial charge < -0.3 is 10.1 Å².